The number of rotatable bonds is 5. The van der Waals surface area contributed by atoms with Gasteiger partial charge in [0.05, 0.1) is 0 Å². The first-order valence-corrected chi connectivity index (χ1v) is 7.21. The summed E-state index contributed by atoms with van der Waals surface area (Å²) in [5.41, 5.74) is 1.70. The number of nitrogens with one attached hydrogen (secondary N) is 1. The molecule has 1 aromatic carbocycles. The van der Waals surface area contributed by atoms with Crippen molar-refractivity contribution in [1.29, 1.82) is 0 Å². The van der Waals surface area contributed by atoms with Crippen LogP contribution in [-0.2, 0) is 4.79 Å². The van der Waals surface area contributed by atoms with E-state index in [-0.39, 0.29) is 24.4 Å². The highest BCUT2D eigenvalue weighted by atomic mass is 16.5. The summed E-state index contributed by atoms with van der Waals surface area (Å²) in [6.07, 6.45) is 3.26. The fourth-order valence-corrected chi connectivity index (χ4v) is 2.23. The molecule has 1 aromatic heterocycles. The summed E-state index contributed by atoms with van der Waals surface area (Å²) < 4.78 is 4.66. The number of aryl methyl sites for hydroxylation is 1. The molecule has 1 saturated carbocycles. The van der Waals surface area contributed by atoms with Crippen LogP contribution in [0, 0.1) is 6.92 Å². The van der Waals surface area contributed by atoms with E-state index in [4.69, 9.17) is 0 Å². The molecule has 0 aliphatic heterocycles. The highest BCUT2D eigenvalue weighted by Crippen LogP contribution is 2.28. The Kier molecular flexibility index (Phi) is 3.91. The molecule has 2 amide bonds. The lowest BCUT2D eigenvalue weighted by Gasteiger charge is -2.21. The van der Waals surface area contributed by atoms with Gasteiger partial charge in [-0.25, -0.2) is 0 Å². The van der Waals surface area contributed by atoms with Crippen LogP contribution in [0.2, 0.25) is 0 Å². The number of carbonyl (C=O) groups is 2. The molecule has 0 unspecified atom stereocenters. The zero-order chi connectivity index (χ0) is 15.5. The molecule has 22 heavy (non-hydrogen) atoms. The zero-order valence-corrected chi connectivity index (χ0v) is 12.3. The van der Waals surface area contributed by atoms with Crippen LogP contribution in [0.4, 0.5) is 5.82 Å². The lowest BCUT2D eigenvalue weighted by Crippen LogP contribution is -2.39. The molecule has 0 bridgehead atoms. The second kappa shape index (κ2) is 6.01. The number of amides is 2. The quantitative estimate of drug-likeness (QED) is 0.918. The Hall–Kier alpha value is -2.63. The summed E-state index contributed by atoms with van der Waals surface area (Å²) >= 11 is 0. The molecule has 1 aliphatic carbocycles. The second-order valence-electron chi connectivity index (χ2n) is 5.46. The summed E-state index contributed by atoms with van der Waals surface area (Å²) in [4.78, 5) is 26.3. The summed E-state index contributed by atoms with van der Waals surface area (Å²) in [6.45, 7) is 1.99. The third kappa shape index (κ3) is 3.33. The molecule has 6 nitrogen and oxygen atoms in total. The van der Waals surface area contributed by atoms with E-state index >= 15 is 0 Å². The highest BCUT2D eigenvalue weighted by molar-refractivity contribution is 5.99. The number of anilines is 1. The fourth-order valence-electron chi connectivity index (χ4n) is 2.23. The predicted octanol–water partition coefficient (Wildman–Crippen LogP) is 2.23. The zero-order valence-electron chi connectivity index (χ0n) is 12.3. The number of aromatic nitrogens is 1. The molecule has 3 rings (SSSR count). The van der Waals surface area contributed by atoms with Gasteiger partial charge in [-0.05, 0) is 31.9 Å². The van der Waals surface area contributed by atoms with E-state index in [2.05, 4.69) is 15.0 Å². The van der Waals surface area contributed by atoms with Crippen LogP contribution >= 0.6 is 0 Å². The van der Waals surface area contributed by atoms with Gasteiger partial charge in [0.25, 0.3) is 5.91 Å². The van der Waals surface area contributed by atoms with Gasteiger partial charge in [0.15, 0.2) is 5.82 Å². The van der Waals surface area contributed by atoms with Crippen molar-refractivity contribution in [3.8, 4) is 0 Å². The van der Waals surface area contributed by atoms with Crippen molar-refractivity contribution in [3.05, 3.63) is 47.7 Å². The van der Waals surface area contributed by atoms with Gasteiger partial charge in [0, 0.05) is 17.7 Å². The molecule has 6 heteroatoms. The summed E-state index contributed by atoms with van der Waals surface area (Å²) in [5.74, 6) is -0.0393. The lowest BCUT2D eigenvalue weighted by atomic mass is 10.1. The number of hydrogen-bond donors (Lipinski definition) is 1. The van der Waals surface area contributed by atoms with Gasteiger partial charge in [-0.3, -0.25) is 9.59 Å². The van der Waals surface area contributed by atoms with Crippen LogP contribution in [0.3, 0.4) is 0 Å². The van der Waals surface area contributed by atoms with E-state index in [1.54, 1.807) is 23.1 Å². The first-order valence-electron chi connectivity index (χ1n) is 7.21. The lowest BCUT2D eigenvalue weighted by molar-refractivity contribution is -0.117. The molecule has 1 aliphatic rings. The Balaban J connectivity index is 1.68. The maximum absolute atomic E-state index is 12.6. The molecule has 1 N–H and O–H groups in total. The molecule has 0 saturated heterocycles. The standard InChI is InChI=1S/C16H17N3O3/c1-11-2-4-12(5-3-11)16(21)19(13-6-7-13)10-15(20)17-14-8-9-22-18-14/h2-5,8-9,13H,6-7,10H2,1H3,(H,17,18,20). The molecule has 1 fully saturated rings. The highest BCUT2D eigenvalue weighted by Gasteiger charge is 2.34. The van der Waals surface area contributed by atoms with Gasteiger partial charge in [0.2, 0.25) is 5.91 Å². The van der Waals surface area contributed by atoms with Crippen LogP contribution < -0.4 is 5.32 Å². The first-order chi connectivity index (χ1) is 10.6. The second-order valence-corrected chi connectivity index (χ2v) is 5.46. The average molecular weight is 299 g/mol. The molecule has 0 radical (unpaired) electrons. The molecule has 0 spiro atoms. The van der Waals surface area contributed by atoms with Crippen LogP contribution in [0.5, 0.6) is 0 Å². The van der Waals surface area contributed by atoms with E-state index in [0.29, 0.717) is 11.4 Å². The molecule has 2 aromatic rings. The molecule has 0 atom stereocenters. The number of nitrogens with zero attached hydrogens (tertiary/aromatic N) is 2. The predicted molar refractivity (Wildman–Crippen MR) is 80.4 cm³/mol. The van der Waals surface area contributed by atoms with Gasteiger partial charge >= 0.3 is 0 Å². The maximum Gasteiger partial charge on any atom is 0.254 e. The van der Waals surface area contributed by atoms with Crippen molar-refractivity contribution in [3.63, 3.8) is 0 Å². The van der Waals surface area contributed by atoms with Crippen LogP contribution in [-0.4, -0.2) is 34.5 Å². The van der Waals surface area contributed by atoms with Gasteiger partial charge < -0.3 is 14.7 Å². The van der Waals surface area contributed by atoms with Crippen LogP contribution in [0.15, 0.2) is 41.1 Å². The minimum absolute atomic E-state index is 0.0181. The van der Waals surface area contributed by atoms with Gasteiger partial charge in [0.1, 0.15) is 12.8 Å². The van der Waals surface area contributed by atoms with Crippen molar-refractivity contribution in [2.24, 2.45) is 0 Å². The molecular formula is C16H17N3O3. The van der Waals surface area contributed by atoms with Gasteiger partial charge in [-0.15, -0.1) is 0 Å². The molecular weight excluding hydrogens is 282 g/mol. The summed E-state index contributed by atoms with van der Waals surface area (Å²) in [7, 11) is 0. The van der Waals surface area contributed by atoms with E-state index in [9.17, 15) is 9.59 Å². The van der Waals surface area contributed by atoms with E-state index in [1.807, 2.05) is 19.1 Å². The number of benzene rings is 1. The Morgan fingerprint density at radius 1 is 1.27 bits per heavy atom. The monoisotopic (exact) mass is 299 g/mol. The van der Waals surface area contributed by atoms with Crippen LogP contribution in [0.1, 0.15) is 28.8 Å². The fraction of sp³-hybridized carbons (Fsp3) is 0.312. The molecule has 114 valence electrons. The summed E-state index contributed by atoms with van der Waals surface area (Å²) in [5, 5.41) is 6.24. The van der Waals surface area contributed by atoms with E-state index < -0.39 is 0 Å². The normalized spacial score (nSPS) is 13.7. The third-order valence-electron chi connectivity index (χ3n) is 3.57. The van der Waals surface area contributed by atoms with E-state index in [1.165, 1.54) is 6.26 Å². The SMILES string of the molecule is Cc1ccc(C(=O)N(CC(=O)Nc2ccon2)C2CC2)cc1. The minimum atomic E-state index is -0.277. The summed E-state index contributed by atoms with van der Waals surface area (Å²) in [6, 6.07) is 9.09. The Morgan fingerprint density at radius 2 is 2.00 bits per heavy atom. The third-order valence-corrected chi connectivity index (χ3v) is 3.57. The van der Waals surface area contributed by atoms with Crippen molar-refractivity contribution in [1.82, 2.24) is 10.1 Å². The smallest absolute Gasteiger partial charge is 0.254 e. The number of carbonyl (C=O) groups excluding carboxylic acids is 2. The van der Waals surface area contributed by atoms with Gasteiger partial charge in [-0.2, -0.15) is 0 Å². The Bertz CT molecular complexity index is 660. The largest absolute Gasteiger partial charge is 0.363 e. The topological polar surface area (TPSA) is 75.4 Å². The number of hydrogen-bond acceptors (Lipinski definition) is 4. The van der Waals surface area contributed by atoms with E-state index in [0.717, 1.165) is 18.4 Å². The Labute approximate surface area is 128 Å². The maximum atomic E-state index is 12.6. The van der Waals surface area contributed by atoms with Crippen molar-refractivity contribution >= 4 is 17.6 Å². The van der Waals surface area contributed by atoms with Crippen molar-refractivity contribution < 1.29 is 14.1 Å². The van der Waals surface area contributed by atoms with Crippen LogP contribution in [0.25, 0.3) is 0 Å². The van der Waals surface area contributed by atoms with Crippen molar-refractivity contribution in [2.45, 2.75) is 25.8 Å². The van der Waals surface area contributed by atoms with Gasteiger partial charge in [-0.1, -0.05) is 22.9 Å². The molecule has 1 heterocycles. The minimum Gasteiger partial charge on any atom is -0.363 e. The van der Waals surface area contributed by atoms with Crippen molar-refractivity contribution in [2.75, 3.05) is 11.9 Å². The average Bonchev–Trinajstić information content (AvgIpc) is 3.23. The first kappa shape index (κ1) is 14.3. The Morgan fingerprint density at radius 3 is 2.59 bits per heavy atom.